The number of aliphatic hydroxyl groups is 1. The summed E-state index contributed by atoms with van der Waals surface area (Å²) < 4.78 is 5.45. The summed E-state index contributed by atoms with van der Waals surface area (Å²) in [7, 11) is 1.65. The van der Waals surface area contributed by atoms with E-state index < -0.39 is 12.4 Å². The van der Waals surface area contributed by atoms with Crippen LogP contribution >= 0.6 is 0 Å². The lowest BCUT2D eigenvalue weighted by molar-refractivity contribution is -0.0318. The molecule has 3 rings (SSSR count). The van der Waals surface area contributed by atoms with Crippen LogP contribution in [0.3, 0.4) is 0 Å². The van der Waals surface area contributed by atoms with Crippen LogP contribution in [0.5, 0.6) is 0 Å². The van der Waals surface area contributed by atoms with E-state index in [1.54, 1.807) is 25.5 Å². The molecule has 1 aliphatic carbocycles. The Morgan fingerprint density at radius 2 is 2.06 bits per heavy atom. The quantitative estimate of drug-likeness (QED) is 0.484. The zero-order valence-electron chi connectivity index (χ0n) is 20.4. The average Bonchev–Trinajstić information content (AvgIpc) is 3.28. The van der Waals surface area contributed by atoms with Crippen LogP contribution in [0.4, 0.5) is 4.79 Å². The molecule has 6 nitrogen and oxygen atoms in total. The van der Waals surface area contributed by atoms with Crippen LogP contribution in [0.2, 0.25) is 0 Å². The van der Waals surface area contributed by atoms with Crippen molar-refractivity contribution >= 4 is 12.3 Å². The van der Waals surface area contributed by atoms with Gasteiger partial charge in [-0.1, -0.05) is 44.7 Å². The van der Waals surface area contributed by atoms with E-state index in [0.717, 1.165) is 60.3 Å². The molecule has 3 aliphatic rings. The van der Waals surface area contributed by atoms with Gasteiger partial charge < -0.3 is 15.2 Å². The van der Waals surface area contributed by atoms with Crippen LogP contribution in [0, 0.1) is 0 Å². The highest BCUT2D eigenvalue weighted by molar-refractivity contribution is 5.79. The molecule has 0 saturated carbocycles. The molecule has 0 bridgehead atoms. The Morgan fingerprint density at radius 1 is 1.26 bits per heavy atom. The topological polar surface area (TPSA) is 74.2 Å². The van der Waals surface area contributed by atoms with E-state index >= 15 is 0 Å². The van der Waals surface area contributed by atoms with Crippen LogP contribution < -0.4 is 5.32 Å². The van der Waals surface area contributed by atoms with Crippen molar-refractivity contribution in [2.24, 2.45) is 4.99 Å². The molecule has 0 radical (unpaired) electrons. The van der Waals surface area contributed by atoms with Crippen LogP contribution in [0.1, 0.15) is 46.0 Å². The third-order valence-electron chi connectivity index (χ3n) is 6.19. The maximum absolute atomic E-state index is 13.3. The zero-order chi connectivity index (χ0) is 24.7. The molecule has 180 valence electrons. The number of cyclic esters (lactones) is 1. The fraction of sp³-hybridized carbons (Fsp3) is 0.357. The smallest absolute Gasteiger partial charge is 0.415 e. The van der Waals surface area contributed by atoms with E-state index in [4.69, 9.17) is 4.74 Å². The molecule has 0 aromatic carbocycles. The predicted molar refractivity (Wildman–Crippen MR) is 138 cm³/mol. The van der Waals surface area contributed by atoms with Crippen molar-refractivity contribution < 1.29 is 14.6 Å². The standard InChI is InChI=1S/C28H35N3O3/c1-6-9-21-11-12-25-26(23(21)10-7-2)19(4)22(14-16-29-5)27(32)34-28(33)31(25)18-15-24-20(8-3)13-17-30-24/h6,8-9,14-16,18,27,30,32H,3-4,7,10-13,17H2,1-2,5H3/b9-6-,18-15?,22-14-,29-16?. The average molecular weight is 462 g/mol. The van der Waals surface area contributed by atoms with Gasteiger partial charge in [-0.3, -0.25) is 9.89 Å². The first-order chi connectivity index (χ1) is 16.5. The lowest BCUT2D eigenvalue weighted by Crippen LogP contribution is -2.36. The van der Waals surface area contributed by atoms with Gasteiger partial charge in [-0.2, -0.15) is 0 Å². The first-order valence-corrected chi connectivity index (χ1v) is 11.8. The van der Waals surface area contributed by atoms with Crippen LogP contribution in [0.15, 0.2) is 99.6 Å². The number of ether oxygens (including phenoxy) is 1. The third-order valence-corrected chi connectivity index (χ3v) is 6.19. The highest BCUT2D eigenvalue weighted by Gasteiger charge is 2.35. The second kappa shape index (κ2) is 11.7. The van der Waals surface area contributed by atoms with Gasteiger partial charge in [0.2, 0.25) is 6.29 Å². The highest BCUT2D eigenvalue weighted by atomic mass is 16.6. The van der Waals surface area contributed by atoms with Gasteiger partial charge in [0.25, 0.3) is 0 Å². The van der Waals surface area contributed by atoms with Crippen LogP contribution in [-0.4, -0.2) is 42.2 Å². The molecule has 1 unspecified atom stereocenters. The van der Waals surface area contributed by atoms with Crippen molar-refractivity contribution in [3.63, 3.8) is 0 Å². The van der Waals surface area contributed by atoms with E-state index in [9.17, 15) is 9.90 Å². The van der Waals surface area contributed by atoms with E-state index in [-0.39, 0.29) is 0 Å². The number of rotatable bonds is 7. The van der Waals surface area contributed by atoms with Crippen LogP contribution in [0.25, 0.3) is 0 Å². The number of allylic oxidation sites excluding steroid dienone is 9. The maximum Gasteiger partial charge on any atom is 0.420 e. The minimum absolute atomic E-state index is 0.430. The summed E-state index contributed by atoms with van der Waals surface area (Å²) in [5, 5.41) is 14.2. The Kier molecular flexibility index (Phi) is 8.66. The fourth-order valence-corrected chi connectivity index (χ4v) is 4.60. The number of amides is 1. The van der Waals surface area contributed by atoms with Crippen molar-refractivity contribution in [2.45, 2.75) is 52.2 Å². The Morgan fingerprint density at radius 3 is 2.74 bits per heavy atom. The summed E-state index contributed by atoms with van der Waals surface area (Å²) >= 11 is 0. The molecule has 0 saturated heterocycles. The number of hydrogen-bond donors (Lipinski definition) is 2. The normalized spacial score (nSPS) is 23.4. The van der Waals surface area contributed by atoms with Crippen molar-refractivity contribution in [2.75, 3.05) is 13.6 Å². The summed E-state index contributed by atoms with van der Waals surface area (Å²) in [4.78, 5) is 18.8. The van der Waals surface area contributed by atoms with Gasteiger partial charge >= 0.3 is 6.09 Å². The highest BCUT2D eigenvalue weighted by Crippen LogP contribution is 2.43. The molecule has 2 heterocycles. The number of hydrogen-bond acceptors (Lipinski definition) is 5. The van der Waals surface area contributed by atoms with Gasteiger partial charge in [-0.25, -0.2) is 4.79 Å². The minimum Gasteiger partial charge on any atom is -0.415 e. The Bertz CT molecular complexity index is 1070. The lowest BCUT2D eigenvalue weighted by atomic mass is 9.80. The molecule has 34 heavy (non-hydrogen) atoms. The molecule has 0 fully saturated rings. The van der Waals surface area contributed by atoms with Crippen LogP contribution in [-0.2, 0) is 4.74 Å². The first kappa shape index (κ1) is 25.2. The number of aliphatic hydroxyl groups excluding tert-OH is 1. The second-order valence-corrected chi connectivity index (χ2v) is 8.32. The summed E-state index contributed by atoms with van der Waals surface area (Å²) in [6.07, 6.45) is 14.9. The molecule has 6 heteroatoms. The molecule has 0 aromatic rings. The molecule has 2 N–H and O–H groups in total. The molecule has 1 amide bonds. The Balaban J connectivity index is 2.24. The van der Waals surface area contributed by atoms with Gasteiger partial charge in [-0.15, -0.1) is 0 Å². The number of carbonyl (C=O) groups is 1. The largest absolute Gasteiger partial charge is 0.420 e. The molecule has 0 spiro atoms. The van der Waals surface area contributed by atoms with Gasteiger partial charge in [0.15, 0.2) is 0 Å². The molecule has 2 aliphatic heterocycles. The summed E-state index contributed by atoms with van der Waals surface area (Å²) in [5.74, 6) is 0. The molecular formula is C28H35N3O3. The van der Waals surface area contributed by atoms with E-state index in [1.165, 1.54) is 10.5 Å². The monoisotopic (exact) mass is 461 g/mol. The maximum atomic E-state index is 13.3. The predicted octanol–water partition coefficient (Wildman–Crippen LogP) is 5.61. The van der Waals surface area contributed by atoms with Crippen molar-refractivity contribution in [1.82, 2.24) is 10.2 Å². The van der Waals surface area contributed by atoms with E-state index in [0.29, 0.717) is 17.6 Å². The summed E-state index contributed by atoms with van der Waals surface area (Å²) in [6.45, 7) is 13.2. The number of carbonyl (C=O) groups excluding carboxylic acids is 1. The SMILES string of the molecule is C=CC1=C(C=CN2C(=O)OC(O)/C(=C\C=NC)C(=C)C3=C2CCC(/C=C\C)=C3CCC)NCC1. The third kappa shape index (κ3) is 5.23. The fourth-order valence-electron chi connectivity index (χ4n) is 4.60. The Labute approximate surface area is 202 Å². The molecule has 1 atom stereocenters. The summed E-state index contributed by atoms with van der Waals surface area (Å²) in [6, 6.07) is 0. The van der Waals surface area contributed by atoms with Gasteiger partial charge in [-0.05, 0) is 67.1 Å². The molecule has 0 aromatic heterocycles. The van der Waals surface area contributed by atoms with Gasteiger partial charge in [0, 0.05) is 48.5 Å². The number of nitrogens with zero attached hydrogens (tertiary/aromatic N) is 2. The molecular weight excluding hydrogens is 426 g/mol. The van der Waals surface area contributed by atoms with E-state index in [1.807, 2.05) is 25.2 Å². The summed E-state index contributed by atoms with van der Waals surface area (Å²) in [5.41, 5.74) is 7.21. The van der Waals surface area contributed by atoms with Crippen molar-refractivity contribution in [3.8, 4) is 0 Å². The number of nitrogens with one attached hydrogen (secondary N) is 1. The lowest BCUT2D eigenvalue weighted by Gasteiger charge is -2.35. The second-order valence-electron chi connectivity index (χ2n) is 8.32. The van der Waals surface area contributed by atoms with Gasteiger partial charge in [0.05, 0.1) is 0 Å². The first-order valence-electron chi connectivity index (χ1n) is 11.8. The van der Waals surface area contributed by atoms with Crippen molar-refractivity contribution in [1.29, 1.82) is 0 Å². The van der Waals surface area contributed by atoms with Crippen molar-refractivity contribution in [3.05, 3.63) is 94.6 Å². The van der Waals surface area contributed by atoms with Gasteiger partial charge in [0.1, 0.15) is 0 Å². The van der Waals surface area contributed by atoms with E-state index in [2.05, 4.69) is 36.5 Å². The Hall–Kier alpha value is -3.38. The number of aliphatic imine (C=N–C) groups is 1. The zero-order valence-corrected chi connectivity index (χ0v) is 20.4. The minimum atomic E-state index is -1.45.